The Labute approximate surface area is 163 Å². The van der Waals surface area contributed by atoms with Crippen molar-refractivity contribution >= 4 is 17.1 Å². The van der Waals surface area contributed by atoms with Crippen molar-refractivity contribution in [3.05, 3.63) is 101 Å². The van der Waals surface area contributed by atoms with Gasteiger partial charge in [-0.05, 0) is 64.1 Å². The molecular formula is C25H17N3. The Kier molecular flexibility index (Phi) is 2.64. The van der Waals surface area contributed by atoms with Gasteiger partial charge in [-0.25, -0.2) is 0 Å². The van der Waals surface area contributed by atoms with Crippen LogP contribution in [0.4, 0.5) is 17.1 Å². The summed E-state index contributed by atoms with van der Waals surface area (Å²) in [5.74, 6) is 0. The third kappa shape index (κ3) is 1.79. The maximum atomic E-state index is 4.72. The van der Waals surface area contributed by atoms with E-state index in [9.17, 15) is 0 Å². The molecular weight excluding hydrogens is 342 g/mol. The summed E-state index contributed by atoms with van der Waals surface area (Å²) in [6.45, 7) is 0. The van der Waals surface area contributed by atoms with E-state index in [4.69, 9.17) is 4.98 Å². The van der Waals surface area contributed by atoms with Crippen LogP contribution in [0, 0.1) is 0 Å². The molecule has 0 N–H and O–H groups in total. The van der Waals surface area contributed by atoms with Gasteiger partial charge in [0, 0.05) is 37.0 Å². The van der Waals surface area contributed by atoms with Crippen molar-refractivity contribution in [3.8, 4) is 11.1 Å². The lowest BCUT2D eigenvalue weighted by molar-refractivity contribution is 0.951. The molecule has 0 atom stereocenters. The molecule has 0 radical (unpaired) electrons. The highest BCUT2D eigenvalue weighted by molar-refractivity contribution is 5.91. The van der Waals surface area contributed by atoms with E-state index in [0.29, 0.717) is 0 Å². The van der Waals surface area contributed by atoms with Crippen molar-refractivity contribution < 1.29 is 0 Å². The van der Waals surface area contributed by atoms with Crippen molar-refractivity contribution in [1.29, 1.82) is 0 Å². The smallest absolute Gasteiger partial charge is 0.0716 e. The van der Waals surface area contributed by atoms with Gasteiger partial charge in [0.05, 0.1) is 22.8 Å². The summed E-state index contributed by atoms with van der Waals surface area (Å²) in [6.07, 6.45) is 8.69. The number of pyridine rings is 2. The lowest BCUT2D eigenvalue weighted by Crippen LogP contribution is -2.25. The fraction of sp³-hybridized carbons (Fsp3) is 0.120. The Bertz CT molecular complexity index is 1310. The van der Waals surface area contributed by atoms with Crippen LogP contribution in [-0.4, -0.2) is 9.97 Å². The number of rotatable bonds is 0. The Morgan fingerprint density at radius 1 is 0.679 bits per heavy atom. The number of anilines is 3. The van der Waals surface area contributed by atoms with Crippen molar-refractivity contribution in [2.24, 2.45) is 0 Å². The van der Waals surface area contributed by atoms with E-state index in [2.05, 4.69) is 58.4 Å². The average Bonchev–Trinajstić information content (AvgIpc) is 3.09. The molecule has 0 amide bonds. The minimum absolute atomic E-state index is 0.856. The van der Waals surface area contributed by atoms with Gasteiger partial charge in [-0.2, -0.15) is 0 Å². The predicted molar refractivity (Wildman–Crippen MR) is 111 cm³/mol. The van der Waals surface area contributed by atoms with Crippen molar-refractivity contribution in [3.63, 3.8) is 0 Å². The van der Waals surface area contributed by atoms with Crippen LogP contribution in [0.1, 0.15) is 33.5 Å². The zero-order valence-electron chi connectivity index (χ0n) is 15.3. The molecule has 0 saturated heterocycles. The fourth-order valence-corrected chi connectivity index (χ4v) is 5.18. The monoisotopic (exact) mass is 359 g/mol. The van der Waals surface area contributed by atoms with Gasteiger partial charge < -0.3 is 4.90 Å². The standard InChI is InChI=1S/C25H17N3/c1-2-4-20-15(3-1)9-17-13-24-18(11-21(17)20)10-16-5-8-27-22-12-19-14-26-7-6-23(19)28(24)25(16)22/h1-8,11,13-14H,9-10,12H2. The van der Waals surface area contributed by atoms with Gasteiger partial charge in [0.25, 0.3) is 0 Å². The highest BCUT2D eigenvalue weighted by Gasteiger charge is 2.33. The second-order valence-corrected chi connectivity index (χ2v) is 7.93. The second-order valence-electron chi connectivity index (χ2n) is 7.93. The normalized spacial score (nSPS) is 14.6. The highest BCUT2D eigenvalue weighted by atomic mass is 15.2. The molecule has 4 heterocycles. The first-order valence-corrected chi connectivity index (χ1v) is 9.81. The molecule has 0 fully saturated rings. The first-order chi connectivity index (χ1) is 13.9. The van der Waals surface area contributed by atoms with Crippen molar-refractivity contribution in [2.75, 3.05) is 4.90 Å². The van der Waals surface area contributed by atoms with E-state index in [1.54, 1.807) is 0 Å². The number of fused-ring (bicyclic) bond motifs is 7. The molecule has 7 rings (SSSR count). The van der Waals surface area contributed by atoms with Gasteiger partial charge in [-0.15, -0.1) is 0 Å². The van der Waals surface area contributed by atoms with Gasteiger partial charge in [0.15, 0.2) is 0 Å². The summed E-state index contributed by atoms with van der Waals surface area (Å²) in [7, 11) is 0. The van der Waals surface area contributed by atoms with E-state index >= 15 is 0 Å². The van der Waals surface area contributed by atoms with Crippen LogP contribution in [0.2, 0.25) is 0 Å². The van der Waals surface area contributed by atoms with Gasteiger partial charge in [-0.3, -0.25) is 9.97 Å². The zero-order valence-corrected chi connectivity index (χ0v) is 15.3. The number of benzene rings is 2. The van der Waals surface area contributed by atoms with Gasteiger partial charge >= 0.3 is 0 Å². The summed E-state index contributed by atoms with van der Waals surface area (Å²) in [5.41, 5.74) is 14.7. The van der Waals surface area contributed by atoms with Crippen LogP contribution in [-0.2, 0) is 19.3 Å². The molecule has 0 unspecified atom stereocenters. The summed E-state index contributed by atoms with van der Waals surface area (Å²) in [5, 5.41) is 0. The maximum absolute atomic E-state index is 4.72. The summed E-state index contributed by atoms with van der Waals surface area (Å²) in [4.78, 5) is 11.5. The van der Waals surface area contributed by atoms with E-state index < -0.39 is 0 Å². The summed E-state index contributed by atoms with van der Waals surface area (Å²) >= 11 is 0. The molecule has 132 valence electrons. The molecule has 3 aliphatic rings. The molecule has 28 heavy (non-hydrogen) atoms. The lowest BCUT2D eigenvalue weighted by atomic mass is 9.88. The molecule has 2 aromatic carbocycles. The van der Waals surface area contributed by atoms with E-state index in [0.717, 1.165) is 25.0 Å². The average molecular weight is 359 g/mol. The molecule has 0 spiro atoms. The summed E-state index contributed by atoms with van der Waals surface area (Å²) < 4.78 is 0. The minimum atomic E-state index is 0.856. The molecule has 2 aliphatic heterocycles. The highest BCUT2D eigenvalue weighted by Crippen LogP contribution is 2.51. The van der Waals surface area contributed by atoms with Crippen molar-refractivity contribution in [2.45, 2.75) is 19.3 Å². The van der Waals surface area contributed by atoms with Crippen LogP contribution in [0.3, 0.4) is 0 Å². The molecule has 0 bridgehead atoms. The Morgan fingerprint density at radius 3 is 2.61 bits per heavy atom. The molecule has 1 aliphatic carbocycles. The maximum Gasteiger partial charge on any atom is 0.0716 e. The molecule has 0 saturated carbocycles. The van der Waals surface area contributed by atoms with Crippen LogP contribution in [0.15, 0.2) is 67.1 Å². The van der Waals surface area contributed by atoms with Crippen LogP contribution >= 0.6 is 0 Å². The van der Waals surface area contributed by atoms with Gasteiger partial charge in [0.2, 0.25) is 0 Å². The SMILES string of the molecule is c1ccc2c(c1)Cc1cc3c(cc1-2)Cc1ccnc2c1N3c1ccncc1C2. The van der Waals surface area contributed by atoms with Crippen LogP contribution in [0.5, 0.6) is 0 Å². The summed E-state index contributed by atoms with van der Waals surface area (Å²) in [6, 6.07) is 18.0. The quantitative estimate of drug-likeness (QED) is 0.367. The largest absolute Gasteiger partial charge is 0.308 e. The molecule has 3 heteroatoms. The number of hydrogen-bond donors (Lipinski definition) is 0. The van der Waals surface area contributed by atoms with E-state index in [-0.39, 0.29) is 0 Å². The molecule has 3 nitrogen and oxygen atoms in total. The Balaban J connectivity index is 1.51. The van der Waals surface area contributed by atoms with E-state index in [1.807, 2.05) is 18.6 Å². The van der Waals surface area contributed by atoms with Gasteiger partial charge in [-0.1, -0.05) is 24.3 Å². The topological polar surface area (TPSA) is 29.0 Å². The minimum Gasteiger partial charge on any atom is -0.308 e. The second kappa shape index (κ2) is 5.08. The number of hydrogen-bond acceptors (Lipinski definition) is 3. The molecule has 2 aromatic heterocycles. The predicted octanol–water partition coefficient (Wildman–Crippen LogP) is 5.33. The Hall–Kier alpha value is -3.46. The first kappa shape index (κ1) is 14.6. The van der Waals surface area contributed by atoms with Gasteiger partial charge in [0.1, 0.15) is 0 Å². The first-order valence-electron chi connectivity index (χ1n) is 9.81. The lowest BCUT2D eigenvalue weighted by Gasteiger charge is -2.38. The van der Waals surface area contributed by atoms with Crippen LogP contribution in [0.25, 0.3) is 11.1 Å². The van der Waals surface area contributed by atoms with Crippen LogP contribution < -0.4 is 4.90 Å². The number of nitrogens with zero attached hydrogens (tertiary/aromatic N) is 3. The third-order valence-corrected chi connectivity index (χ3v) is 6.40. The number of aromatic nitrogens is 2. The third-order valence-electron chi connectivity index (χ3n) is 6.40. The zero-order chi connectivity index (χ0) is 18.2. The Morgan fingerprint density at radius 2 is 1.61 bits per heavy atom. The van der Waals surface area contributed by atoms with E-state index in [1.165, 1.54) is 56.0 Å². The molecule has 4 aromatic rings. The fourth-order valence-electron chi connectivity index (χ4n) is 5.18. The van der Waals surface area contributed by atoms with Crippen molar-refractivity contribution in [1.82, 2.24) is 9.97 Å².